The maximum absolute atomic E-state index is 6.60. The van der Waals surface area contributed by atoms with E-state index in [1.165, 1.54) is 11.3 Å². The van der Waals surface area contributed by atoms with Crippen LogP contribution in [0.15, 0.2) is 101 Å². The van der Waals surface area contributed by atoms with E-state index in [9.17, 15) is 0 Å². The van der Waals surface area contributed by atoms with Crippen molar-refractivity contribution in [1.82, 2.24) is 4.90 Å². The molecule has 4 nitrogen and oxygen atoms in total. The molecule has 0 saturated heterocycles. The van der Waals surface area contributed by atoms with Gasteiger partial charge >= 0.3 is 0 Å². The monoisotopic (exact) mass is 443 g/mol. The summed E-state index contributed by atoms with van der Waals surface area (Å²) < 4.78 is 6.60. The number of hydrazone groups is 1. The summed E-state index contributed by atoms with van der Waals surface area (Å²) in [4.78, 5) is 2.30. The normalized spacial score (nSPS) is 15.9. The number of rotatable bonds is 6. The van der Waals surface area contributed by atoms with Crippen LogP contribution in [0.2, 0.25) is 5.02 Å². The van der Waals surface area contributed by atoms with Crippen LogP contribution in [0.4, 0.5) is 5.69 Å². The number of nitrogens with zero attached hydrogens (tertiary/aromatic N) is 3. The number of hydrogen-bond acceptors (Lipinski definition) is 4. The van der Waals surface area contributed by atoms with Crippen LogP contribution in [0.5, 0.6) is 0 Å². The van der Waals surface area contributed by atoms with Crippen molar-refractivity contribution in [2.24, 2.45) is 5.10 Å². The number of likely N-dealkylation sites (N-methyl/N-ethyl adjacent to an activating group) is 1. The molecule has 5 rings (SSSR count). The first-order valence-electron chi connectivity index (χ1n) is 11.0. The molecule has 2 aliphatic rings. The zero-order valence-electron chi connectivity index (χ0n) is 18.1. The standard InChI is InChI=1S/C27H26ClN3O/c1-30-17-16-24-22(18-31(29-24)25-15-9-8-14-23(25)28)26(30)19-32-27(20-10-4-2-5-11-20)21-12-6-3-7-13-21/h2-15,27H,16-19H2,1H3. The van der Waals surface area contributed by atoms with Gasteiger partial charge in [0.25, 0.3) is 0 Å². The molecule has 3 aromatic rings. The van der Waals surface area contributed by atoms with Crippen LogP contribution in [0.25, 0.3) is 0 Å². The smallest absolute Gasteiger partial charge is 0.108 e. The van der Waals surface area contributed by atoms with Gasteiger partial charge in [-0.3, -0.25) is 5.01 Å². The highest BCUT2D eigenvalue weighted by atomic mass is 35.5. The number of halogens is 1. The van der Waals surface area contributed by atoms with Gasteiger partial charge in [0, 0.05) is 31.3 Å². The minimum atomic E-state index is -0.123. The average molecular weight is 444 g/mol. The van der Waals surface area contributed by atoms with E-state index < -0.39 is 0 Å². The molecular weight excluding hydrogens is 418 g/mol. The molecule has 0 atom stereocenters. The molecule has 0 unspecified atom stereocenters. The molecule has 0 bridgehead atoms. The summed E-state index contributed by atoms with van der Waals surface area (Å²) in [6.07, 6.45) is 0.805. The molecule has 0 aliphatic carbocycles. The third-order valence-electron chi connectivity index (χ3n) is 6.11. The van der Waals surface area contributed by atoms with Crippen molar-refractivity contribution >= 4 is 23.0 Å². The van der Waals surface area contributed by atoms with Crippen molar-refractivity contribution in [3.05, 3.63) is 112 Å². The van der Waals surface area contributed by atoms with Gasteiger partial charge in [0.1, 0.15) is 6.10 Å². The van der Waals surface area contributed by atoms with E-state index in [1.807, 2.05) is 41.4 Å². The fraction of sp³-hybridized carbons (Fsp3) is 0.222. The van der Waals surface area contributed by atoms with Crippen molar-refractivity contribution in [2.45, 2.75) is 12.5 Å². The number of anilines is 1. The second-order valence-corrected chi connectivity index (χ2v) is 8.57. The lowest BCUT2D eigenvalue weighted by atomic mass is 10.00. The molecule has 32 heavy (non-hydrogen) atoms. The van der Waals surface area contributed by atoms with Gasteiger partial charge in [-0.1, -0.05) is 84.4 Å². The highest BCUT2D eigenvalue weighted by Gasteiger charge is 2.31. The number of fused-ring (bicyclic) bond motifs is 1. The van der Waals surface area contributed by atoms with Crippen LogP contribution in [-0.2, 0) is 4.74 Å². The zero-order valence-corrected chi connectivity index (χ0v) is 18.9. The molecule has 162 valence electrons. The number of para-hydroxylation sites is 1. The summed E-state index contributed by atoms with van der Waals surface area (Å²) in [5.41, 5.74) is 6.83. The number of hydrogen-bond donors (Lipinski definition) is 0. The molecule has 0 fully saturated rings. The van der Waals surface area contributed by atoms with Crippen LogP contribution in [-0.4, -0.2) is 37.4 Å². The molecular formula is C27H26ClN3O. The largest absolute Gasteiger partial charge is 0.375 e. The molecule has 2 heterocycles. The van der Waals surface area contributed by atoms with Gasteiger partial charge in [-0.25, -0.2) is 0 Å². The fourth-order valence-corrected chi connectivity index (χ4v) is 4.61. The third kappa shape index (κ3) is 4.16. The Hall–Kier alpha value is -3.08. The van der Waals surface area contributed by atoms with Gasteiger partial charge in [-0.15, -0.1) is 0 Å². The molecule has 5 heteroatoms. The first-order chi connectivity index (χ1) is 15.7. The molecule has 3 aromatic carbocycles. The van der Waals surface area contributed by atoms with Gasteiger partial charge in [-0.05, 0) is 23.3 Å². The molecule has 0 aromatic heterocycles. The van der Waals surface area contributed by atoms with Crippen molar-refractivity contribution in [3.63, 3.8) is 0 Å². The van der Waals surface area contributed by atoms with Crippen molar-refractivity contribution in [3.8, 4) is 0 Å². The molecule has 0 radical (unpaired) electrons. The average Bonchev–Trinajstić information content (AvgIpc) is 3.26. The quantitative estimate of drug-likeness (QED) is 0.474. The van der Waals surface area contributed by atoms with Crippen LogP contribution in [0.3, 0.4) is 0 Å². The van der Waals surface area contributed by atoms with E-state index >= 15 is 0 Å². The Morgan fingerprint density at radius 1 is 0.906 bits per heavy atom. The Morgan fingerprint density at radius 3 is 2.19 bits per heavy atom. The maximum Gasteiger partial charge on any atom is 0.108 e. The molecule has 0 spiro atoms. The Bertz CT molecular complexity index is 1100. The minimum Gasteiger partial charge on any atom is -0.375 e. The molecule has 0 N–H and O–H groups in total. The first-order valence-corrected chi connectivity index (χ1v) is 11.3. The predicted octanol–water partition coefficient (Wildman–Crippen LogP) is 5.91. The summed E-state index contributed by atoms with van der Waals surface area (Å²) in [5, 5.41) is 7.62. The highest BCUT2D eigenvalue weighted by Crippen LogP contribution is 2.34. The molecule has 0 amide bonds. The molecule has 2 aliphatic heterocycles. The van der Waals surface area contributed by atoms with E-state index in [0.29, 0.717) is 13.2 Å². The van der Waals surface area contributed by atoms with Crippen LogP contribution in [0, 0.1) is 0 Å². The lowest BCUT2D eigenvalue weighted by Gasteiger charge is -2.31. The first kappa shape index (κ1) is 20.8. The van der Waals surface area contributed by atoms with E-state index in [1.54, 1.807) is 0 Å². The number of ether oxygens (including phenoxy) is 1. The SMILES string of the molecule is CN1CCC2=NN(c3ccccc3Cl)CC2=C1COC(c1ccccc1)c1ccccc1. The highest BCUT2D eigenvalue weighted by molar-refractivity contribution is 6.33. The van der Waals surface area contributed by atoms with Crippen LogP contribution < -0.4 is 5.01 Å². The van der Waals surface area contributed by atoms with Gasteiger partial charge in [0.05, 0.1) is 29.6 Å². The Morgan fingerprint density at radius 2 is 1.53 bits per heavy atom. The van der Waals surface area contributed by atoms with E-state index in [0.717, 1.165) is 40.5 Å². The minimum absolute atomic E-state index is 0.123. The second kappa shape index (κ2) is 9.19. The van der Waals surface area contributed by atoms with E-state index in [-0.39, 0.29) is 6.10 Å². The summed E-state index contributed by atoms with van der Waals surface area (Å²) in [6.45, 7) is 2.16. The second-order valence-electron chi connectivity index (χ2n) is 8.16. The summed E-state index contributed by atoms with van der Waals surface area (Å²) in [6, 6.07) is 28.7. The zero-order chi connectivity index (χ0) is 21.9. The van der Waals surface area contributed by atoms with Crippen LogP contribution in [0.1, 0.15) is 23.7 Å². The van der Waals surface area contributed by atoms with Gasteiger partial charge < -0.3 is 9.64 Å². The van der Waals surface area contributed by atoms with Gasteiger partial charge in [0.15, 0.2) is 0 Å². The Labute approximate surface area is 194 Å². The lowest BCUT2D eigenvalue weighted by Crippen LogP contribution is -2.32. The van der Waals surface area contributed by atoms with Gasteiger partial charge in [-0.2, -0.15) is 5.10 Å². The van der Waals surface area contributed by atoms with E-state index in [2.05, 4.69) is 60.5 Å². The van der Waals surface area contributed by atoms with Crippen molar-refractivity contribution in [2.75, 3.05) is 31.8 Å². The van der Waals surface area contributed by atoms with E-state index in [4.69, 9.17) is 21.4 Å². The van der Waals surface area contributed by atoms with Crippen molar-refractivity contribution in [1.29, 1.82) is 0 Å². The summed E-state index contributed by atoms with van der Waals surface area (Å²) >= 11 is 6.44. The predicted molar refractivity (Wildman–Crippen MR) is 131 cm³/mol. The molecule has 0 saturated carbocycles. The topological polar surface area (TPSA) is 28.1 Å². The summed E-state index contributed by atoms with van der Waals surface area (Å²) in [7, 11) is 2.14. The lowest BCUT2D eigenvalue weighted by molar-refractivity contribution is 0.0848. The Balaban J connectivity index is 1.43. The Kier molecular flexibility index (Phi) is 5.97. The fourth-order valence-electron chi connectivity index (χ4n) is 4.38. The van der Waals surface area contributed by atoms with Crippen molar-refractivity contribution < 1.29 is 4.74 Å². The summed E-state index contributed by atoms with van der Waals surface area (Å²) in [5.74, 6) is 0. The van der Waals surface area contributed by atoms with Crippen LogP contribution >= 0.6 is 11.6 Å². The number of benzene rings is 3. The maximum atomic E-state index is 6.60. The third-order valence-corrected chi connectivity index (χ3v) is 6.43. The van der Waals surface area contributed by atoms with Gasteiger partial charge in [0.2, 0.25) is 0 Å².